The van der Waals surface area contributed by atoms with Gasteiger partial charge < -0.3 is 14.6 Å². The zero-order chi connectivity index (χ0) is 31.8. The number of esters is 2. The zero-order valence-corrected chi connectivity index (χ0v) is 27.5. The van der Waals surface area contributed by atoms with E-state index in [4.69, 9.17) is 9.47 Å². The average molecular weight is 653 g/mol. The van der Waals surface area contributed by atoms with Crippen molar-refractivity contribution in [2.45, 2.75) is 34.8 Å². The van der Waals surface area contributed by atoms with Crippen molar-refractivity contribution in [2.24, 2.45) is 10.8 Å². The molecule has 44 heavy (non-hydrogen) atoms. The van der Waals surface area contributed by atoms with Crippen LogP contribution in [0.3, 0.4) is 0 Å². The Kier molecular flexibility index (Phi) is 9.11. The summed E-state index contributed by atoms with van der Waals surface area (Å²) >= 11 is 2.44. The molecule has 0 saturated heterocycles. The van der Waals surface area contributed by atoms with Gasteiger partial charge in [0.25, 0.3) is 0 Å². The molecule has 5 atom stereocenters. The van der Waals surface area contributed by atoms with E-state index in [2.05, 4.69) is 0 Å². The van der Waals surface area contributed by atoms with Gasteiger partial charge in [-0.3, -0.25) is 9.59 Å². The Morgan fingerprint density at radius 3 is 1.77 bits per heavy atom. The third-order valence-corrected chi connectivity index (χ3v) is 14.8. The molecule has 0 amide bonds. The van der Waals surface area contributed by atoms with Crippen molar-refractivity contribution >= 4 is 56.4 Å². The second kappa shape index (κ2) is 12.4. The van der Waals surface area contributed by atoms with Crippen LogP contribution >= 0.6 is 23.5 Å². The van der Waals surface area contributed by atoms with Crippen LogP contribution in [0.2, 0.25) is 0 Å². The van der Waals surface area contributed by atoms with Crippen LogP contribution in [0.1, 0.15) is 25.0 Å². The van der Waals surface area contributed by atoms with E-state index in [9.17, 15) is 14.7 Å². The predicted octanol–water partition coefficient (Wildman–Crippen LogP) is 5.39. The molecule has 2 aliphatic rings. The molecule has 0 radical (unpaired) electrons. The van der Waals surface area contributed by atoms with E-state index in [0.717, 1.165) is 22.3 Å². The highest BCUT2D eigenvalue weighted by molar-refractivity contribution is 8.05. The number of hydrogen-bond donors (Lipinski definition) is 1. The van der Waals surface area contributed by atoms with Crippen molar-refractivity contribution in [1.82, 2.24) is 0 Å². The Hall–Kier alpha value is -3.05. The van der Waals surface area contributed by atoms with Crippen molar-refractivity contribution in [2.75, 3.05) is 31.5 Å². The minimum Gasteiger partial charge on any atom is -0.468 e. The Labute approximate surface area is 267 Å². The Morgan fingerprint density at radius 1 is 0.773 bits per heavy atom. The molecule has 10 heteroatoms. The highest BCUT2D eigenvalue weighted by Crippen LogP contribution is 2.77. The van der Waals surface area contributed by atoms with Gasteiger partial charge in [0.1, 0.15) is 0 Å². The van der Waals surface area contributed by atoms with Gasteiger partial charge in [0, 0.05) is 16.6 Å². The van der Waals surface area contributed by atoms with Crippen LogP contribution in [0.5, 0.6) is 0 Å². The van der Waals surface area contributed by atoms with E-state index < -0.39 is 48.7 Å². The maximum atomic E-state index is 15.1. The van der Waals surface area contributed by atoms with Crippen molar-refractivity contribution in [3.63, 3.8) is 0 Å². The molecule has 3 aromatic rings. The fourth-order valence-corrected chi connectivity index (χ4v) is 13.8. The van der Waals surface area contributed by atoms with E-state index in [1.807, 2.05) is 74.5 Å². The Bertz CT molecular complexity index is 1660. The molecule has 1 N–H and O–H groups in total. The van der Waals surface area contributed by atoms with Crippen LogP contribution in [0.25, 0.3) is 11.1 Å². The summed E-state index contributed by atoms with van der Waals surface area (Å²) in [6, 6.07) is 27.5. The summed E-state index contributed by atoms with van der Waals surface area (Å²) in [5.74, 6) is -0.982. The SMILES string of the molecule is COC(=O)CSCC1(SCC(=O)OC)C(S(=O)(=O)c2ccccc2)C2(C)C(c3ccccc3)=C(c3ccccc3)C1(C)C2O. The fraction of sp³-hybridized carbons (Fsp3) is 0.353. The molecule has 3 aromatic carbocycles. The van der Waals surface area contributed by atoms with Gasteiger partial charge in [0.15, 0.2) is 9.84 Å². The van der Waals surface area contributed by atoms with E-state index >= 15 is 8.42 Å². The smallest absolute Gasteiger partial charge is 0.315 e. The molecule has 5 unspecified atom stereocenters. The average Bonchev–Trinajstić information content (AvgIpc) is 3.32. The highest BCUT2D eigenvalue weighted by Gasteiger charge is 2.81. The number of aliphatic hydroxyl groups excluding tert-OH is 1. The van der Waals surface area contributed by atoms with Crippen LogP contribution in [0.15, 0.2) is 95.9 Å². The van der Waals surface area contributed by atoms with Crippen LogP contribution in [0, 0.1) is 10.8 Å². The molecular weight excluding hydrogens is 617 g/mol. The van der Waals surface area contributed by atoms with Gasteiger partial charge in [0.2, 0.25) is 0 Å². The third-order valence-electron chi connectivity index (χ3n) is 9.22. The number of hydrogen-bond acceptors (Lipinski definition) is 9. The van der Waals surface area contributed by atoms with Gasteiger partial charge in [-0.15, -0.1) is 23.5 Å². The van der Waals surface area contributed by atoms with Gasteiger partial charge >= 0.3 is 11.9 Å². The number of carbonyl (C=O) groups excluding carboxylic acids is 2. The largest absolute Gasteiger partial charge is 0.468 e. The van der Waals surface area contributed by atoms with Crippen LogP contribution in [-0.2, 0) is 28.9 Å². The lowest BCUT2D eigenvalue weighted by atomic mass is 9.67. The van der Waals surface area contributed by atoms with Crippen molar-refractivity contribution < 1.29 is 32.6 Å². The Morgan fingerprint density at radius 2 is 1.25 bits per heavy atom. The standard InChI is InChI=1S/C34H36O7S3/c1-32-28(23-14-8-5-9-15-23)29(24-16-10-6-11-17-24)33(2,30(32)37)34(43-21-27(36)41-4,22-42-20-26(35)40-3)31(32)44(38,39)25-18-12-7-13-19-25/h5-19,30-31,37H,20-22H2,1-4H3. The Balaban J connectivity index is 1.89. The maximum Gasteiger partial charge on any atom is 0.315 e. The van der Waals surface area contributed by atoms with Gasteiger partial charge in [0.05, 0.1) is 46.7 Å². The van der Waals surface area contributed by atoms with E-state index in [1.54, 1.807) is 30.3 Å². The molecule has 5 rings (SSSR count). The number of methoxy groups -OCH3 is 2. The summed E-state index contributed by atoms with van der Waals surface area (Å²) in [6.07, 6.45) is -1.16. The molecule has 1 saturated carbocycles. The summed E-state index contributed by atoms with van der Waals surface area (Å²) < 4.78 is 38.8. The predicted molar refractivity (Wildman–Crippen MR) is 176 cm³/mol. The van der Waals surface area contributed by atoms with E-state index in [-0.39, 0.29) is 22.2 Å². The number of carbonyl (C=O) groups is 2. The first-order valence-electron chi connectivity index (χ1n) is 14.2. The van der Waals surface area contributed by atoms with Gasteiger partial charge in [-0.2, -0.15) is 0 Å². The number of thioether (sulfide) groups is 2. The van der Waals surface area contributed by atoms with E-state index in [0.29, 0.717) is 0 Å². The topological polar surface area (TPSA) is 107 Å². The van der Waals surface area contributed by atoms with Crippen LogP contribution < -0.4 is 0 Å². The first-order chi connectivity index (χ1) is 21.0. The fourth-order valence-electron chi connectivity index (χ4n) is 7.39. The molecule has 2 aliphatic carbocycles. The van der Waals surface area contributed by atoms with Crippen LogP contribution in [0.4, 0.5) is 0 Å². The third kappa shape index (κ3) is 4.90. The highest BCUT2D eigenvalue weighted by atomic mass is 32.2. The summed E-state index contributed by atoms with van der Waals surface area (Å²) in [5, 5.41) is 11.5. The first-order valence-corrected chi connectivity index (χ1v) is 17.9. The van der Waals surface area contributed by atoms with E-state index in [1.165, 1.54) is 37.7 Å². The van der Waals surface area contributed by atoms with Gasteiger partial charge in [-0.25, -0.2) is 8.42 Å². The molecule has 0 spiro atoms. The number of ether oxygens (including phenoxy) is 2. The second-order valence-corrected chi connectivity index (χ2v) is 15.8. The lowest BCUT2D eigenvalue weighted by Crippen LogP contribution is -2.57. The van der Waals surface area contributed by atoms with Gasteiger partial charge in [-0.05, 0) is 34.4 Å². The first kappa shape index (κ1) is 32.3. The molecular formula is C34H36O7S3. The number of aliphatic hydroxyl groups is 1. The number of benzene rings is 3. The summed E-state index contributed by atoms with van der Waals surface area (Å²) in [7, 11) is -1.56. The molecule has 0 aliphatic heterocycles. The number of fused-ring (bicyclic) bond motifs is 2. The molecule has 7 nitrogen and oxygen atoms in total. The van der Waals surface area contributed by atoms with Crippen LogP contribution in [-0.4, -0.2) is 73.0 Å². The summed E-state index contributed by atoms with van der Waals surface area (Å²) in [4.78, 5) is 25.1. The molecule has 0 heterocycles. The molecule has 0 aromatic heterocycles. The minimum atomic E-state index is -4.16. The quantitative estimate of drug-likeness (QED) is 0.273. The zero-order valence-electron chi connectivity index (χ0n) is 25.1. The van der Waals surface area contributed by atoms with Gasteiger partial charge in [-0.1, -0.05) is 92.7 Å². The summed E-state index contributed by atoms with van der Waals surface area (Å²) in [5.41, 5.74) is 0.755. The molecule has 1 fully saturated rings. The monoisotopic (exact) mass is 652 g/mol. The summed E-state index contributed by atoms with van der Waals surface area (Å²) in [6.45, 7) is 3.75. The second-order valence-electron chi connectivity index (χ2n) is 11.4. The number of rotatable bonds is 11. The molecule has 2 bridgehead atoms. The maximum absolute atomic E-state index is 15.1. The van der Waals surface area contributed by atoms with Crippen molar-refractivity contribution in [3.8, 4) is 0 Å². The minimum absolute atomic E-state index is 0.0199. The number of sulfone groups is 1. The lowest BCUT2D eigenvalue weighted by Gasteiger charge is -2.51. The lowest BCUT2D eigenvalue weighted by molar-refractivity contribution is -0.138. The molecule has 232 valence electrons. The normalized spacial score (nSPS) is 27.8. The van der Waals surface area contributed by atoms with Crippen molar-refractivity contribution in [3.05, 3.63) is 102 Å². The van der Waals surface area contributed by atoms with Crippen molar-refractivity contribution in [1.29, 1.82) is 0 Å².